The van der Waals surface area contributed by atoms with Crippen molar-refractivity contribution in [2.75, 3.05) is 0 Å². The maximum atomic E-state index is 12.7. The highest BCUT2D eigenvalue weighted by Crippen LogP contribution is 2.30. The van der Waals surface area contributed by atoms with Crippen molar-refractivity contribution in [2.45, 2.75) is 33.1 Å². The van der Waals surface area contributed by atoms with Crippen molar-refractivity contribution >= 4 is 34.3 Å². The van der Waals surface area contributed by atoms with E-state index in [4.69, 9.17) is 11.6 Å². The lowest BCUT2D eigenvalue weighted by atomic mass is 9.96. The second kappa shape index (κ2) is 6.57. The van der Waals surface area contributed by atoms with Crippen molar-refractivity contribution in [3.63, 3.8) is 0 Å². The average molecular weight is 376 g/mol. The summed E-state index contributed by atoms with van der Waals surface area (Å²) in [5, 5.41) is 12.3. The standard InChI is InChI=1S/C17H18ClN5OS/c1-10-14(21-20-12-8-6-5-7-11(12)18)15(24)23(22-10)16-19-9-13(25-16)17(2,3)4/h5-9,22H,1-4H3. The first-order valence-electron chi connectivity index (χ1n) is 7.72. The van der Waals surface area contributed by atoms with E-state index in [1.54, 1.807) is 25.3 Å². The molecule has 0 unspecified atom stereocenters. The summed E-state index contributed by atoms with van der Waals surface area (Å²) in [5.74, 6) is 0. The Labute approximate surface area is 154 Å². The Morgan fingerprint density at radius 2 is 1.96 bits per heavy atom. The van der Waals surface area contributed by atoms with Crippen LogP contribution in [0.3, 0.4) is 0 Å². The Bertz CT molecular complexity index is 993. The smallest absolute Gasteiger partial charge is 0.291 e. The number of H-pyrrole nitrogens is 1. The molecule has 2 aromatic heterocycles. The lowest BCUT2D eigenvalue weighted by Crippen LogP contribution is -2.13. The minimum absolute atomic E-state index is 0.0201. The van der Waals surface area contributed by atoms with Gasteiger partial charge < -0.3 is 0 Å². The molecule has 2 heterocycles. The number of azo groups is 1. The maximum Gasteiger partial charge on any atom is 0.301 e. The molecule has 0 aliphatic rings. The van der Waals surface area contributed by atoms with Crippen LogP contribution in [-0.2, 0) is 5.41 Å². The quantitative estimate of drug-likeness (QED) is 0.631. The Balaban J connectivity index is 1.98. The summed E-state index contributed by atoms with van der Waals surface area (Å²) in [7, 11) is 0. The first-order chi connectivity index (χ1) is 11.8. The Kier molecular flexibility index (Phi) is 4.62. The van der Waals surface area contributed by atoms with Crippen LogP contribution in [-0.4, -0.2) is 14.8 Å². The Hall–Kier alpha value is -2.25. The highest BCUT2D eigenvalue weighted by molar-refractivity contribution is 7.14. The molecule has 0 spiro atoms. The van der Waals surface area contributed by atoms with Crippen molar-refractivity contribution < 1.29 is 0 Å². The molecule has 6 nitrogen and oxygen atoms in total. The van der Waals surface area contributed by atoms with Gasteiger partial charge in [-0.05, 0) is 24.5 Å². The number of halogens is 1. The number of nitrogens with one attached hydrogen (secondary N) is 1. The van der Waals surface area contributed by atoms with E-state index < -0.39 is 0 Å². The van der Waals surface area contributed by atoms with Crippen molar-refractivity contribution in [3.05, 3.63) is 56.4 Å². The van der Waals surface area contributed by atoms with Gasteiger partial charge in [0.2, 0.25) is 5.13 Å². The number of aromatic nitrogens is 3. The summed E-state index contributed by atoms with van der Waals surface area (Å²) in [4.78, 5) is 18.1. The van der Waals surface area contributed by atoms with Gasteiger partial charge in [0.1, 0.15) is 5.69 Å². The third-order valence-electron chi connectivity index (χ3n) is 3.57. The lowest BCUT2D eigenvalue weighted by Gasteiger charge is -2.14. The van der Waals surface area contributed by atoms with Gasteiger partial charge >= 0.3 is 5.56 Å². The van der Waals surface area contributed by atoms with Gasteiger partial charge in [-0.2, -0.15) is 4.68 Å². The normalized spacial score (nSPS) is 12.2. The van der Waals surface area contributed by atoms with Crippen molar-refractivity contribution in [1.29, 1.82) is 0 Å². The first kappa shape index (κ1) is 17.6. The molecule has 0 atom stereocenters. The summed E-state index contributed by atoms with van der Waals surface area (Å²) in [5.41, 5.74) is 1.07. The second-order valence-electron chi connectivity index (χ2n) is 6.63. The first-order valence-corrected chi connectivity index (χ1v) is 8.91. The van der Waals surface area contributed by atoms with Gasteiger partial charge in [-0.1, -0.05) is 55.8 Å². The number of thiazole rings is 1. The molecule has 3 rings (SSSR count). The van der Waals surface area contributed by atoms with E-state index in [1.807, 2.05) is 12.1 Å². The highest BCUT2D eigenvalue weighted by atomic mass is 35.5. The largest absolute Gasteiger partial charge is 0.301 e. The lowest BCUT2D eigenvalue weighted by molar-refractivity contribution is 0.602. The Morgan fingerprint density at radius 3 is 2.60 bits per heavy atom. The minimum Gasteiger partial charge on any atom is -0.291 e. The van der Waals surface area contributed by atoms with Crippen LogP contribution < -0.4 is 5.56 Å². The SMILES string of the molecule is Cc1[nH]n(-c2ncc(C(C)(C)C)s2)c(=O)c1N=Nc1ccccc1Cl. The molecule has 0 saturated carbocycles. The fraction of sp³-hybridized carbons (Fsp3) is 0.294. The van der Waals surface area contributed by atoms with E-state index in [1.165, 1.54) is 16.0 Å². The fourth-order valence-corrected chi connectivity index (χ4v) is 3.25. The number of aryl methyl sites for hydroxylation is 1. The van der Waals surface area contributed by atoms with E-state index in [9.17, 15) is 4.79 Å². The highest BCUT2D eigenvalue weighted by Gasteiger charge is 2.20. The third kappa shape index (κ3) is 3.57. The fourth-order valence-electron chi connectivity index (χ4n) is 2.14. The second-order valence-corrected chi connectivity index (χ2v) is 8.05. The van der Waals surface area contributed by atoms with E-state index in [0.29, 0.717) is 21.5 Å². The number of rotatable bonds is 3. The molecule has 0 radical (unpaired) electrons. The van der Waals surface area contributed by atoms with Gasteiger partial charge in [0.15, 0.2) is 5.69 Å². The molecule has 0 saturated heterocycles. The molecule has 0 aliphatic carbocycles. The van der Waals surface area contributed by atoms with Crippen LogP contribution >= 0.6 is 22.9 Å². The van der Waals surface area contributed by atoms with Crippen LogP contribution in [0.15, 0.2) is 45.5 Å². The zero-order chi connectivity index (χ0) is 18.2. The summed E-state index contributed by atoms with van der Waals surface area (Å²) in [6.45, 7) is 8.10. The molecule has 130 valence electrons. The van der Waals surface area contributed by atoms with Crippen molar-refractivity contribution in [3.8, 4) is 5.13 Å². The van der Waals surface area contributed by atoms with Gasteiger partial charge in [0, 0.05) is 11.1 Å². The van der Waals surface area contributed by atoms with E-state index in [-0.39, 0.29) is 16.7 Å². The number of hydrogen-bond donors (Lipinski definition) is 1. The number of benzene rings is 1. The molecule has 25 heavy (non-hydrogen) atoms. The average Bonchev–Trinajstić information content (AvgIpc) is 3.13. The molecular weight excluding hydrogens is 358 g/mol. The molecule has 1 aromatic carbocycles. The molecule has 1 N–H and O–H groups in total. The van der Waals surface area contributed by atoms with Crippen LogP contribution in [0.5, 0.6) is 0 Å². The summed E-state index contributed by atoms with van der Waals surface area (Å²) >= 11 is 7.54. The molecular formula is C17H18ClN5OS. The van der Waals surface area contributed by atoms with E-state index >= 15 is 0 Å². The molecule has 0 bridgehead atoms. The minimum atomic E-state index is -0.289. The zero-order valence-electron chi connectivity index (χ0n) is 14.4. The number of nitrogens with zero attached hydrogens (tertiary/aromatic N) is 4. The predicted octanol–water partition coefficient (Wildman–Crippen LogP) is 5.30. The van der Waals surface area contributed by atoms with Crippen LogP contribution in [0.4, 0.5) is 11.4 Å². The van der Waals surface area contributed by atoms with E-state index in [2.05, 4.69) is 41.1 Å². The summed E-state index contributed by atoms with van der Waals surface area (Å²) < 4.78 is 1.40. The third-order valence-corrected chi connectivity index (χ3v) is 5.30. The molecule has 0 aliphatic heterocycles. The summed E-state index contributed by atoms with van der Waals surface area (Å²) in [6.07, 6.45) is 1.80. The topological polar surface area (TPSA) is 75.4 Å². The molecule has 0 amide bonds. The predicted molar refractivity (Wildman–Crippen MR) is 101 cm³/mol. The van der Waals surface area contributed by atoms with Crippen LogP contribution in [0, 0.1) is 6.92 Å². The monoisotopic (exact) mass is 375 g/mol. The van der Waals surface area contributed by atoms with Gasteiger partial charge in [0.05, 0.1) is 10.7 Å². The van der Waals surface area contributed by atoms with Gasteiger partial charge in [0.25, 0.3) is 0 Å². The van der Waals surface area contributed by atoms with Crippen molar-refractivity contribution in [2.24, 2.45) is 10.2 Å². The zero-order valence-corrected chi connectivity index (χ0v) is 15.9. The molecule has 8 heteroatoms. The number of hydrogen-bond acceptors (Lipinski definition) is 5. The maximum absolute atomic E-state index is 12.7. The van der Waals surface area contributed by atoms with E-state index in [0.717, 1.165) is 4.88 Å². The summed E-state index contributed by atoms with van der Waals surface area (Å²) in [6, 6.07) is 7.09. The molecule has 0 fully saturated rings. The van der Waals surface area contributed by atoms with Gasteiger partial charge in [-0.25, -0.2) is 4.98 Å². The van der Waals surface area contributed by atoms with Crippen LogP contribution in [0.2, 0.25) is 5.02 Å². The van der Waals surface area contributed by atoms with Crippen LogP contribution in [0.25, 0.3) is 5.13 Å². The Morgan fingerprint density at radius 1 is 1.24 bits per heavy atom. The van der Waals surface area contributed by atoms with Gasteiger partial charge in [-0.15, -0.1) is 10.2 Å². The van der Waals surface area contributed by atoms with Gasteiger partial charge in [-0.3, -0.25) is 9.89 Å². The number of aromatic amines is 1. The van der Waals surface area contributed by atoms with Crippen molar-refractivity contribution in [1.82, 2.24) is 14.8 Å². The van der Waals surface area contributed by atoms with Crippen LogP contribution in [0.1, 0.15) is 31.3 Å². The molecule has 3 aromatic rings.